The zero-order chi connectivity index (χ0) is 23.5. The van der Waals surface area contributed by atoms with Crippen LogP contribution in [0.4, 0.5) is 5.69 Å². The van der Waals surface area contributed by atoms with E-state index < -0.39 is 0 Å². The minimum Gasteiger partial charge on any atom is -0.324 e. The summed E-state index contributed by atoms with van der Waals surface area (Å²) in [6.07, 6.45) is 6.19. The lowest BCUT2D eigenvalue weighted by molar-refractivity contribution is -0.116. The number of anilines is 1. The molecule has 3 heterocycles. The van der Waals surface area contributed by atoms with Crippen LogP contribution < -0.4 is 5.32 Å². The maximum atomic E-state index is 12.8. The third-order valence-corrected chi connectivity index (χ3v) is 5.86. The maximum Gasteiger partial charge on any atom is 0.246 e. The molecule has 168 valence electrons. The standard InChI is InChI=1S/C28H25N5O/c1-19-3-7-23(8-4-19)25-13-16-30-28-27(25)20(2)32-33(28)18-26(34)31-24-9-5-21(6-10-24)17-22-11-14-29-15-12-22/h3-16H,17-18H2,1-2H3,(H,31,34). The Morgan fingerprint density at radius 2 is 1.56 bits per heavy atom. The third kappa shape index (κ3) is 4.57. The number of amides is 1. The van der Waals surface area contributed by atoms with Crippen molar-refractivity contribution >= 4 is 22.6 Å². The summed E-state index contributed by atoms with van der Waals surface area (Å²) >= 11 is 0. The Hall–Kier alpha value is -4.32. The summed E-state index contributed by atoms with van der Waals surface area (Å²) in [6.45, 7) is 4.12. The molecule has 6 nitrogen and oxygen atoms in total. The Kier molecular flexibility index (Phi) is 5.87. The molecule has 2 aromatic carbocycles. The molecule has 5 rings (SSSR count). The molecular formula is C28H25N5O. The Bertz CT molecular complexity index is 1440. The first-order chi connectivity index (χ1) is 16.6. The molecule has 0 atom stereocenters. The van der Waals surface area contributed by atoms with E-state index in [1.165, 1.54) is 16.7 Å². The van der Waals surface area contributed by atoms with Crippen LogP contribution in [-0.4, -0.2) is 25.7 Å². The van der Waals surface area contributed by atoms with Crippen LogP contribution in [0.15, 0.2) is 85.3 Å². The van der Waals surface area contributed by atoms with Gasteiger partial charge in [0.2, 0.25) is 5.91 Å². The van der Waals surface area contributed by atoms with Crippen molar-refractivity contribution in [1.29, 1.82) is 0 Å². The van der Waals surface area contributed by atoms with Gasteiger partial charge in [-0.25, -0.2) is 9.67 Å². The first-order valence-corrected chi connectivity index (χ1v) is 11.2. The lowest BCUT2D eigenvalue weighted by atomic mass is 10.0. The van der Waals surface area contributed by atoms with Crippen molar-refractivity contribution in [2.75, 3.05) is 5.32 Å². The van der Waals surface area contributed by atoms with Crippen molar-refractivity contribution in [2.45, 2.75) is 26.8 Å². The van der Waals surface area contributed by atoms with Crippen molar-refractivity contribution in [3.05, 3.63) is 108 Å². The fourth-order valence-electron chi connectivity index (χ4n) is 4.14. The number of hydrogen-bond acceptors (Lipinski definition) is 4. The molecule has 0 aliphatic rings. The van der Waals surface area contributed by atoms with Crippen LogP contribution in [0.25, 0.3) is 22.2 Å². The molecule has 5 aromatic rings. The molecule has 0 saturated heterocycles. The number of carbonyl (C=O) groups is 1. The van der Waals surface area contributed by atoms with Crippen LogP contribution in [0, 0.1) is 13.8 Å². The summed E-state index contributed by atoms with van der Waals surface area (Å²) in [5.74, 6) is -0.145. The van der Waals surface area contributed by atoms with E-state index in [2.05, 4.69) is 51.6 Å². The van der Waals surface area contributed by atoms with Crippen LogP contribution in [0.2, 0.25) is 0 Å². The number of aryl methyl sites for hydroxylation is 2. The van der Waals surface area contributed by atoms with E-state index in [4.69, 9.17) is 0 Å². The number of aromatic nitrogens is 4. The number of rotatable bonds is 6. The molecule has 3 aromatic heterocycles. The number of nitrogens with zero attached hydrogens (tertiary/aromatic N) is 4. The second-order valence-corrected chi connectivity index (χ2v) is 8.44. The highest BCUT2D eigenvalue weighted by Gasteiger charge is 2.16. The van der Waals surface area contributed by atoms with Crippen LogP contribution in [0.1, 0.15) is 22.4 Å². The van der Waals surface area contributed by atoms with Crippen molar-refractivity contribution in [1.82, 2.24) is 19.7 Å². The second-order valence-electron chi connectivity index (χ2n) is 8.44. The van der Waals surface area contributed by atoms with Gasteiger partial charge in [0.05, 0.1) is 5.69 Å². The number of fused-ring (bicyclic) bond motifs is 1. The third-order valence-electron chi connectivity index (χ3n) is 5.86. The number of benzene rings is 2. The Balaban J connectivity index is 1.32. The average Bonchev–Trinajstić information content (AvgIpc) is 3.17. The molecule has 0 aliphatic heterocycles. The van der Waals surface area contributed by atoms with Gasteiger partial charge < -0.3 is 5.32 Å². The molecule has 34 heavy (non-hydrogen) atoms. The molecule has 0 fully saturated rings. The zero-order valence-electron chi connectivity index (χ0n) is 19.2. The molecule has 0 aliphatic carbocycles. The van der Waals surface area contributed by atoms with E-state index >= 15 is 0 Å². The van der Waals surface area contributed by atoms with E-state index in [1.807, 2.05) is 49.4 Å². The second kappa shape index (κ2) is 9.27. The Labute approximate surface area is 198 Å². The predicted molar refractivity (Wildman–Crippen MR) is 135 cm³/mol. The quantitative estimate of drug-likeness (QED) is 0.381. The van der Waals surface area contributed by atoms with E-state index in [-0.39, 0.29) is 12.5 Å². The van der Waals surface area contributed by atoms with E-state index in [0.717, 1.165) is 34.3 Å². The molecule has 0 unspecified atom stereocenters. The summed E-state index contributed by atoms with van der Waals surface area (Å²) in [7, 11) is 0. The van der Waals surface area contributed by atoms with Gasteiger partial charge in [-0.2, -0.15) is 5.10 Å². The molecule has 0 radical (unpaired) electrons. The number of hydrogen-bond donors (Lipinski definition) is 1. The van der Waals surface area contributed by atoms with Gasteiger partial charge in [0.1, 0.15) is 6.54 Å². The summed E-state index contributed by atoms with van der Waals surface area (Å²) in [6, 6.07) is 22.3. The number of nitrogens with one attached hydrogen (secondary N) is 1. The first-order valence-electron chi connectivity index (χ1n) is 11.2. The highest BCUT2D eigenvalue weighted by molar-refractivity contribution is 5.96. The largest absolute Gasteiger partial charge is 0.324 e. The van der Waals surface area contributed by atoms with Crippen molar-refractivity contribution < 1.29 is 4.79 Å². The summed E-state index contributed by atoms with van der Waals surface area (Å²) in [5, 5.41) is 8.57. The minimum atomic E-state index is -0.145. The Morgan fingerprint density at radius 1 is 0.853 bits per heavy atom. The van der Waals surface area contributed by atoms with Gasteiger partial charge in [-0.1, -0.05) is 42.0 Å². The van der Waals surface area contributed by atoms with Gasteiger partial charge in [-0.05, 0) is 72.9 Å². The van der Waals surface area contributed by atoms with Crippen molar-refractivity contribution in [3.8, 4) is 11.1 Å². The summed E-state index contributed by atoms with van der Waals surface area (Å²) < 4.78 is 1.68. The van der Waals surface area contributed by atoms with Gasteiger partial charge in [0.15, 0.2) is 5.65 Å². The topological polar surface area (TPSA) is 72.7 Å². The van der Waals surface area contributed by atoms with Crippen LogP contribution in [0.5, 0.6) is 0 Å². The number of pyridine rings is 2. The maximum absolute atomic E-state index is 12.8. The van der Waals surface area contributed by atoms with Gasteiger partial charge in [-0.3, -0.25) is 9.78 Å². The lowest BCUT2D eigenvalue weighted by Gasteiger charge is -2.08. The van der Waals surface area contributed by atoms with E-state index in [0.29, 0.717) is 5.65 Å². The van der Waals surface area contributed by atoms with Gasteiger partial charge in [-0.15, -0.1) is 0 Å². The summed E-state index contributed by atoms with van der Waals surface area (Å²) in [5.41, 5.74) is 8.07. The fourth-order valence-corrected chi connectivity index (χ4v) is 4.14. The highest BCUT2D eigenvalue weighted by atomic mass is 16.2. The average molecular weight is 448 g/mol. The lowest BCUT2D eigenvalue weighted by Crippen LogP contribution is -2.19. The predicted octanol–water partition coefficient (Wildman–Crippen LogP) is 5.34. The fraction of sp³-hybridized carbons (Fsp3) is 0.143. The van der Waals surface area contributed by atoms with Crippen LogP contribution >= 0.6 is 0 Å². The monoisotopic (exact) mass is 447 g/mol. The molecule has 0 saturated carbocycles. The molecule has 6 heteroatoms. The first kappa shape index (κ1) is 21.5. The molecular weight excluding hydrogens is 422 g/mol. The molecule has 0 spiro atoms. The van der Waals surface area contributed by atoms with Gasteiger partial charge >= 0.3 is 0 Å². The van der Waals surface area contributed by atoms with Crippen LogP contribution in [-0.2, 0) is 17.8 Å². The molecule has 0 bridgehead atoms. The van der Waals surface area contributed by atoms with Crippen LogP contribution in [0.3, 0.4) is 0 Å². The molecule has 1 N–H and O–H groups in total. The molecule has 1 amide bonds. The Morgan fingerprint density at radius 3 is 2.29 bits per heavy atom. The smallest absolute Gasteiger partial charge is 0.246 e. The normalized spacial score (nSPS) is 11.0. The minimum absolute atomic E-state index is 0.0907. The number of carbonyl (C=O) groups excluding carboxylic acids is 1. The van der Waals surface area contributed by atoms with Crippen molar-refractivity contribution in [3.63, 3.8) is 0 Å². The van der Waals surface area contributed by atoms with E-state index in [1.54, 1.807) is 23.3 Å². The van der Waals surface area contributed by atoms with E-state index in [9.17, 15) is 4.79 Å². The van der Waals surface area contributed by atoms with Crippen molar-refractivity contribution in [2.24, 2.45) is 0 Å². The SMILES string of the molecule is Cc1ccc(-c2ccnc3c2c(C)nn3CC(=O)Nc2ccc(Cc3ccncc3)cc2)cc1. The van der Waals surface area contributed by atoms with Gasteiger partial charge in [0, 0.05) is 29.7 Å². The zero-order valence-corrected chi connectivity index (χ0v) is 19.2. The summed E-state index contributed by atoms with van der Waals surface area (Å²) in [4.78, 5) is 21.4. The van der Waals surface area contributed by atoms with Gasteiger partial charge in [0.25, 0.3) is 0 Å². The highest BCUT2D eigenvalue weighted by Crippen LogP contribution is 2.30.